The van der Waals surface area contributed by atoms with E-state index in [-0.39, 0.29) is 6.04 Å². The van der Waals surface area contributed by atoms with Crippen LogP contribution in [0.1, 0.15) is 19.1 Å². The molecule has 11 nitrogen and oxygen atoms in total. The zero-order valence-electron chi connectivity index (χ0n) is 14.8. The lowest BCUT2D eigenvalue weighted by molar-refractivity contribution is -0.0511. The van der Waals surface area contributed by atoms with Gasteiger partial charge in [0.2, 0.25) is 0 Å². The first-order chi connectivity index (χ1) is 13.6. The average molecular weight is 391 g/mol. The van der Waals surface area contributed by atoms with Crippen LogP contribution in [0.15, 0.2) is 17.6 Å². The summed E-state index contributed by atoms with van der Waals surface area (Å²) in [4.78, 5) is 13.3. The summed E-state index contributed by atoms with van der Waals surface area (Å²) < 4.78 is 13.6. The molecule has 4 N–H and O–H groups in total. The molecular formula is C17H21N5O6. The Morgan fingerprint density at radius 3 is 2.68 bits per heavy atom. The van der Waals surface area contributed by atoms with Gasteiger partial charge in [-0.15, -0.1) is 0 Å². The second-order valence-electron chi connectivity index (χ2n) is 8.12. The standard InChI is InChI=1S/C17H21N5O6/c23-3-9-11(24)12(25)17(27-9)21-4-18-10-15(21)19-5-22(26)16(10)20-8-2-6-1-7(8)14-13(6)28-14/h4-9,11-14,17,23-26H,1-3H2/t6?,7?,8?,9-,11-,12-,13?,14?,17-/m1/s1. The van der Waals surface area contributed by atoms with Gasteiger partial charge in [-0.3, -0.25) is 9.56 Å². The van der Waals surface area contributed by atoms with Crippen LogP contribution in [-0.2, 0) is 9.47 Å². The van der Waals surface area contributed by atoms with Gasteiger partial charge in [0.1, 0.15) is 24.6 Å². The number of aromatic nitrogens is 4. The Morgan fingerprint density at radius 2 is 1.96 bits per heavy atom. The number of hydrogen-bond acceptors (Lipinski definition) is 9. The summed E-state index contributed by atoms with van der Waals surface area (Å²) in [5.74, 6) is 0.922. The van der Waals surface area contributed by atoms with Gasteiger partial charge in [0, 0.05) is 5.92 Å². The lowest BCUT2D eigenvalue weighted by Gasteiger charge is -2.17. The monoisotopic (exact) mass is 391 g/mol. The Balaban J connectivity index is 1.41. The largest absolute Gasteiger partial charge is 0.425 e. The second kappa shape index (κ2) is 5.74. The van der Waals surface area contributed by atoms with Crippen molar-refractivity contribution in [2.75, 3.05) is 6.61 Å². The predicted molar refractivity (Wildman–Crippen MR) is 89.9 cm³/mol. The van der Waals surface area contributed by atoms with Gasteiger partial charge >= 0.3 is 0 Å². The summed E-state index contributed by atoms with van der Waals surface area (Å²) in [6, 6.07) is 0.0665. The van der Waals surface area contributed by atoms with Crippen molar-refractivity contribution in [1.29, 1.82) is 0 Å². The maximum absolute atomic E-state index is 10.3. The maximum atomic E-state index is 10.3. The van der Waals surface area contributed by atoms with Crippen molar-refractivity contribution in [3.8, 4) is 0 Å². The van der Waals surface area contributed by atoms with E-state index in [9.17, 15) is 20.5 Å². The third-order valence-electron chi connectivity index (χ3n) is 6.63. The van der Waals surface area contributed by atoms with Crippen LogP contribution in [0, 0.1) is 11.8 Å². The molecule has 2 saturated carbocycles. The molecule has 4 heterocycles. The van der Waals surface area contributed by atoms with Crippen molar-refractivity contribution in [2.24, 2.45) is 16.8 Å². The molecule has 2 aliphatic heterocycles. The first kappa shape index (κ1) is 16.9. The lowest BCUT2D eigenvalue weighted by Crippen LogP contribution is -2.33. The first-order valence-corrected chi connectivity index (χ1v) is 9.52. The fourth-order valence-corrected chi connectivity index (χ4v) is 5.20. The molecule has 2 saturated heterocycles. The van der Waals surface area contributed by atoms with E-state index >= 15 is 0 Å². The van der Waals surface area contributed by atoms with E-state index in [2.05, 4.69) is 9.97 Å². The van der Waals surface area contributed by atoms with Crippen LogP contribution in [-0.4, -0.2) is 83.0 Å². The molecule has 11 heteroatoms. The van der Waals surface area contributed by atoms with Crippen molar-refractivity contribution in [3.05, 3.63) is 18.1 Å². The fourth-order valence-electron chi connectivity index (χ4n) is 5.20. The summed E-state index contributed by atoms with van der Waals surface area (Å²) in [5.41, 5.74) is 1.03. The Labute approximate surface area is 158 Å². The Hall–Kier alpha value is -2.05. The molecule has 0 radical (unpaired) electrons. The van der Waals surface area contributed by atoms with Gasteiger partial charge in [0.25, 0.3) is 0 Å². The van der Waals surface area contributed by atoms with E-state index in [0.717, 1.165) is 17.6 Å². The highest BCUT2D eigenvalue weighted by Crippen LogP contribution is 2.57. The van der Waals surface area contributed by atoms with E-state index < -0.39 is 31.1 Å². The summed E-state index contributed by atoms with van der Waals surface area (Å²) in [7, 11) is 0. The highest BCUT2D eigenvalue weighted by atomic mass is 16.6. The Bertz CT molecular complexity index is 1010. The van der Waals surface area contributed by atoms with Gasteiger partial charge in [-0.2, -0.15) is 4.73 Å². The van der Waals surface area contributed by atoms with E-state index in [1.165, 1.54) is 17.2 Å². The van der Waals surface area contributed by atoms with Crippen molar-refractivity contribution >= 4 is 11.2 Å². The molecule has 4 fully saturated rings. The number of nitrogens with zero attached hydrogens (tertiary/aromatic N) is 5. The minimum atomic E-state index is -1.24. The molecular weight excluding hydrogens is 370 g/mol. The number of ether oxygens (including phenoxy) is 2. The topological polar surface area (TPSA) is 151 Å². The molecule has 9 atom stereocenters. The molecule has 28 heavy (non-hydrogen) atoms. The highest BCUT2D eigenvalue weighted by Gasteiger charge is 2.63. The van der Waals surface area contributed by atoms with E-state index in [4.69, 9.17) is 14.5 Å². The normalized spacial score (nSPS) is 44.5. The molecule has 150 valence electrons. The molecule has 4 aliphatic rings. The Kier molecular flexibility index (Phi) is 3.45. The van der Waals surface area contributed by atoms with Gasteiger partial charge in [-0.05, 0) is 18.8 Å². The minimum absolute atomic E-state index is 0.0665. The molecule has 6 rings (SSSR count). The molecule has 2 bridgehead atoms. The minimum Gasteiger partial charge on any atom is -0.425 e. The molecule has 0 amide bonds. The van der Waals surface area contributed by atoms with Crippen LogP contribution in [0.4, 0.5) is 0 Å². The van der Waals surface area contributed by atoms with E-state index in [1.807, 2.05) is 0 Å². The summed E-state index contributed by atoms with van der Waals surface area (Å²) in [6.07, 6.45) is 1.10. The van der Waals surface area contributed by atoms with Crippen LogP contribution < -0.4 is 5.49 Å². The lowest BCUT2D eigenvalue weighted by atomic mass is 9.96. The van der Waals surface area contributed by atoms with Crippen LogP contribution in [0.2, 0.25) is 0 Å². The van der Waals surface area contributed by atoms with Gasteiger partial charge in [-0.1, -0.05) is 0 Å². The average Bonchev–Trinajstić information content (AvgIpc) is 2.97. The van der Waals surface area contributed by atoms with Gasteiger partial charge in [0.05, 0.1) is 31.2 Å². The third-order valence-corrected chi connectivity index (χ3v) is 6.63. The predicted octanol–water partition coefficient (Wildman–Crippen LogP) is -1.84. The first-order valence-electron chi connectivity index (χ1n) is 9.52. The van der Waals surface area contributed by atoms with Gasteiger partial charge < -0.3 is 30.0 Å². The van der Waals surface area contributed by atoms with Crippen molar-refractivity contribution in [3.63, 3.8) is 0 Å². The Morgan fingerprint density at radius 1 is 1.11 bits per heavy atom. The smallest absolute Gasteiger partial charge is 0.195 e. The fraction of sp³-hybridized carbons (Fsp3) is 0.706. The molecule has 5 unspecified atom stereocenters. The number of rotatable bonds is 3. The SMILES string of the molecule is OC[C@H]1O[C@@H](n2cnc3c(=NC4CC5CC4C4OC54)n(O)cnc32)[C@H](O)[C@@H]1O. The molecule has 2 aromatic rings. The summed E-state index contributed by atoms with van der Waals surface area (Å²) >= 11 is 0. The third kappa shape index (κ3) is 2.19. The van der Waals surface area contributed by atoms with Crippen LogP contribution >= 0.6 is 0 Å². The van der Waals surface area contributed by atoms with Crippen LogP contribution in [0.3, 0.4) is 0 Å². The number of epoxide rings is 1. The quantitative estimate of drug-likeness (QED) is 0.352. The highest BCUT2D eigenvalue weighted by molar-refractivity contribution is 5.68. The van der Waals surface area contributed by atoms with Crippen LogP contribution in [0.5, 0.6) is 0 Å². The summed E-state index contributed by atoms with van der Waals surface area (Å²) in [6.45, 7) is -0.416. The van der Waals surface area contributed by atoms with Gasteiger partial charge in [-0.25, -0.2) is 9.97 Å². The van der Waals surface area contributed by atoms with E-state index in [0.29, 0.717) is 40.7 Å². The van der Waals surface area contributed by atoms with Crippen molar-refractivity contribution in [1.82, 2.24) is 19.3 Å². The van der Waals surface area contributed by atoms with Crippen LogP contribution in [0.25, 0.3) is 11.2 Å². The second-order valence-corrected chi connectivity index (χ2v) is 8.12. The zero-order valence-corrected chi connectivity index (χ0v) is 14.8. The zero-order chi connectivity index (χ0) is 19.2. The molecule has 0 spiro atoms. The van der Waals surface area contributed by atoms with Gasteiger partial charge in [0.15, 0.2) is 22.9 Å². The van der Waals surface area contributed by atoms with E-state index in [1.54, 1.807) is 0 Å². The number of hydrogen-bond donors (Lipinski definition) is 4. The molecule has 0 aromatic carbocycles. The number of fused-ring (bicyclic) bond motifs is 6. The number of aliphatic hydroxyl groups is 3. The summed E-state index contributed by atoms with van der Waals surface area (Å²) in [5, 5.41) is 39.9. The molecule has 2 aliphatic carbocycles. The van der Waals surface area contributed by atoms with Crippen molar-refractivity contribution < 1.29 is 30.0 Å². The molecule has 2 aromatic heterocycles. The van der Waals surface area contributed by atoms with Crippen molar-refractivity contribution in [2.45, 2.75) is 55.6 Å². The number of aliphatic hydroxyl groups excluding tert-OH is 3. The maximum Gasteiger partial charge on any atom is 0.195 e. The number of imidazole rings is 1.